The van der Waals surface area contributed by atoms with Crippen molar-refractivity contribution in [1.82, 2.24) is 0 Å². The minimum Gasteiger partial charge on any atom is -0.456 e. The molecule has 29 heavy (non-hydrogen) atoms. The smallest absolute Gasteiger partial charge is 0.280 e. The highest BCUT2D eigenvalue weighted by atomic mass is 32.2. The van der Waals surface area contributed by atoms with Crippen molar-refractivity contribution < 1.29 is 18.5 Å². The van der Waals surface area contributed by atoms with E-state index in [4.69, 9.17) is 16.6 Å². The molecule has 144 valence electrons. The maximum Gasteiger partial charge on any atom is 0.280 e. The quantitative estimate of drug-likeness (QED) is 0.241. The topological polar surface area (TPSA) is 76.6 Å². The van der Waals surface area contributed by atoms with E-state index in [1.165, 1.54) is 35.2 Å². The first-order valence-electron chi connectivity index (χ1n) is 8.31. The average Bonchev–Trinajstić information content (AvgIpc) is 3.26. The first kappa shape index (κ1) is 19.0. The van der Waals surface area contributed by atoms with Crippen LogP contribution in [0.15, 0.2) is 70.0 Å². The van der Waals surface area contributed by atoms with E-state index in [1.54, 1.807) is 36.4 Å². The summed E-state index contributed by atoms with van der Waals surface area (Å²) in [6.07, 6.45) is 1.51. The van der Waals surface area contributed by atoms with Gasteiger partial charge in [-0.25, -0.2) is 4.39 Å². The van der Waals surface area contributed by atoms with Crippen molar-refractivity contribution in [3.8, 4) is 11.3 Å². The van der Waals surface area contributed by atoms with Crippen LogP contribution in [0.25, 0.3) is 17.4 Å². The van der Waals surface area contributed by atoms with Crippen molar-refractivity contribution in [3.05, 3.63) is 87.3 Å². The molecule has 0 atom stereocenters. The molecule has 2 heterocycles. The number of amides is 1. The fraction of sp³-hybridized carbons (Fsp3) is 0. The standard InChI is InChI=1S/C20H11FN2O4S2/c21-12-4-3-5-13(10-12)22-19(24)18(29-20(22)28)11-14-8-9-17(27-14)15-6-1-2-7-16(15)23(25)26/h1-11H/b18-11+. The number of hydrogen-bond acceptors (Lipinski definition) is 6. The first-order chi connectivity index (χ1) is 13.9. The number of thiocarbonyl (C=S) groups is 1. The number of hydrogen-bond donors (Lipinski definition) is 0. The molecule has 1 aliphatic heterocycles. The normalized spacial score (nSPS) is 15.3. The molecule has 0 N–H and O–H groups in total. The Hall–Kier alpha value is -3.30. The number of anilines is 1. The zero-order valence-electron chi connectivity index (χ0n) is 14.6. The van der Waals surface area contributed by atoms with Crippen LogP contribution in [0.5, 0.6) is 0 Å². The second kappa shape index (κ2) is 7.61. The monoisotopic (exact) mass is 426 g/mol. The van der Waals surface area contributed by atoms with Crippen LogP contribution in [0.4, 0.5) is 15.8 Å². The van der Waals surface area contributed by atoms with E-state index in [0.29, 0.717) is 27.7 Å². The van der Waals surface area contributed by atoms with E-state index in [-0.39, 0.29) is 10.0 Å². The zero-order chi connectivity index (χ0) is 20.5. The summed E-state index contributed by atoms with van der Waals surface area (Å²) in [6, 6.07) is 15.0. The Morgan fingerprint density at radius 2 is 1.93 bits per heavy atom. The summed E-state index contributed by atoms with van der Waals surface area (Å²) in [5.74, 6) is -0.211. The summed E-state index contributed by atoms with van der Waals surface area (Å²) in [5.41, 5.74) is 0.603. The molecule has 2 aromatic carbocycles. The fourth-order valence-corrected chi connectivity index (χ4v) is 4.13. The Labute approximate surface area is 173 Å². The van der Waals surface area contributed by atoms with Gasteiger partial charge in [-0.05, 0) is 36.4 Å². The van der Waals surface area contributed by atoms with Crippen molar-refractivity contribution in [1.29, 1.82) is 0 Å². The third-order valence-corrected chi connectivity index (χ3v) is 5.43. The number of nitrogens with zero attached hydrogens (tertiary/aromatic N) is 2. The lowest BCUT2D eigenvalue weighted by atomic mass is 10.1. The number of thioether (sulfide) groups is 1. The lowest BCUT2D eigenvalue weighted by Gasteiger charge is -2.14. The molecule has 0 saturated carbocycles. The van der Waals surface area contributed by atoms with Gasteiger partial charge in [0, 0.05) is 12.1 Å². The zero-order valence-corrected chi connectivity index (χ0v) is 16.2. The molecule has 0 aliphatic carbocycles. The Bertz CT molecular complexity index is 1190. The second-order valence-electron chi connectivity index (χ2n) is 5.97. The van der Waals surface area contributed by atoms with E-state index >= 15 is 0 Å². The average molecular weight is 426 g/mol. The van der Waals surface area contributed by atoms with Gasteiger partial charge in [0.2, 0.25) is 0 Å². The van der Waals surface area contributed by atoms with Crippen LogP contribution < -0.4 is 4.90 Å². The second-order valence-corrected chi connectivity index (χ2v) is 7.65. The van der Waals surface area contributed by atoms with Crippen LogP contribution in [0.3, 0.4) is 0 Å². The molecule has 1 aliphatic rings. The van der Waals surface area contributed by atoms with Gasteiger partial charge in [0.05, 0.1) is 21.1 Å². The van der Waals surface area contributed by atoms with Crippen molar-refractivity contribution in [2.45, 2.75) is 0 Å². The minimum absolute atomic E-state index is 0.0779. The number of furan rings is 1. The maximum absolute atomic E-state index is 13.5. The Morgan fingerprint density at radius 3 is 2.69 bits per heavy atom. The van der Waals surface area contributed by atoms with Gasteiger partial charge in [0.1, 0.15) is 17.3 Å². The Kier molecular flexibility index (Phi) is 4.99. The molecule has 0 unspecified atom stereocenters. The minimum atomic E-state index is -0.484. The summed E-state index contributed by atoms with van der Waals surface area (Å²) in [4.78, 5) is 25.0. The lowest BCUT2D eigenvalue weighted by molar-refractivity contribution is -0.384. The molecule has 4 rings (SSSR count). The van der Waals surface area contributed by atoms with E-state index in [0.717, 1.165) is 11.8 Å². The molecule has 0 radical (unpaired) electrons. The van der Waals surface area contributed by atoms with Gasteiger partial charge in [-0.15, -0.1) is 0 Å². The van der Waals surface area contributed by atoms with Gasteiger partial charge in [0.25, 0.3) is 11.6 Å². The van der Waals surface area contributed by atoms with E-state index in [9.17, 15) is 19.3 Å². The molecule has 1 amide bonds. The number of rotatable bonds is 4. The van der Waals surface area contributed by atoms with E-state index in [1.807, 2.05) is 0 Å². The van der Waals surface area contributed by atoms with Crippen LogP contribution in [-0.4, -0.2) is 15.2 Å². The lowest BCUT2D eigenvalue weighted by Crippen LogP contribution is -2.27. The number of halogens is 1. The maximum atomic E-state index is 13.5. The number of benzene rings is 2. The van der Waals surface area contributed by atoms with Crippen molar-refractivity contribution in [3.63, 3.8) is 0 Å². The fourth-order valence-electron chi connectivity index (χ4n) is 2.85. The molecule has 0 bridgehead atoms. The van der Waals surface area contributed by atoms with Crippen LogP contribution in [0, 0.1) is 15.9 Å². The van der Waals surface area contributed by atoms with E-state index < -0.39 is 16.6 Å². The highest BCUT2D eigenvalue weighted by Crippen LogP contribution is 2.37. The predicted molar refractivity (Wildman–Crippen MR) is 113 cm³/mol. The number of nitro benzene ring substituents is 1. The SMILES string of the molecule is O=C1/C(=C\c2ccc(-c3ccccc3[N+](=O)[O-])o2)SC(=S)N1c1cccc(F)c1. The molecule has 1 saturated heterocycles. The summed E-state index contributed by atoms with van der Waals surface area (Å²) in [6.45, 7) is 0. The molecule has 1 fully saturated rings. The molecule has 6 nitrogen and oxygen atoms in total. The summed E-state index contributed by atoms with van der Waals surface area (Å²) >= 11 is 6.33. The molecular weight excluding hydrogens is 415 g/mol. The highest BCUT2D eigenvalue weighted by Gasteiger charge is 2.33. The van der Waals surface area contributed by atoms with Gasteiger partial charge in [-0.1, -0.05) is 42.2 Å². The Balaban J connectivity index is 1.64. The van der Waals surface area contributed by atoms with Crippen LogP contribution in [-0.2, 0) is 4.79 Å². The number of carbonyl (C=O) groups is 1. The van der Waals surface area contributed by atoms with Crippen molar-refractivity contribution in [2.75, 3.05) is 4.90 Å². The van der Waals surface area contributed by atoms with Crippen molar-refractivity contribution >= 4 is 51.7 Å². The van der Waals surface area contributed by atoms with Gasteiger partial charge < -0.3 is 4.42 Å². The van der Waals surface area contributed by atoms with Gasteiger partial charge in [-0.2, -0.15) is 0 Å². The van der Waals surface area contributed by atoms with Gasteiger partial charge >= 0.3 is 0 Å². The highest BCUT2D eigenvalue weighted by molar-refractivity contribution is 8.27. The predicted octanol–water partition coefficient (Wildman–Crippen LogP) is 5.40. The Morgan fingerprint density at radius 1 is 1.14 bits per heavy atom. The third-order valence-electron chi connectivity index (χ3n) is 4.13. The summed E-state index contributed by atoms with van der Waals surface area (Å²) in [7, 11) is 0. The van der Waals surface area contributed by atoms with Gasteiger partial charge in [0.15, 0.2) is 4.32 Å². The number of nitro groups is 1. The third kappa shape index (κ3) is 3.69. The van der Waals surface area contributed by atoms with Gasteiger partial charge in [-0.3, -0.25) is 19.8 Å². The van der Waals surface area contributed by atoms with Crippen LogP contribution in [0.1, 0.15) is 5.76 Å². The number of para-hydroxylation sites is 1. The molecule has 9 heteroatoms. The molecule has 0 spiro atoms. The van der Waals surface area contributed by atoms with E-state index in [2.05, 4.69) is 0 Å². The van der Waals surface area contributed by atoms with Crippen LogP contribution >= 0.6 is 24.0 Å². The number of carbonyl (C=O) groups excluding carboxylic acids is 1. The molecular formula is C20H11FN2O4S2. The first-order valence-corrected chi connectivity index (χ1v) is 9.53. The van der Waals surface area contributed by atoms with Crippen LogP contribution in [0.2, 0.25) is 0 Å². The molecule has 3 aromatic rings. The summed E-state index contributed by atoms with van der Waals surface area (Å²) in [5, 5.41) is 11.2. The molecule has 1 aromatic heterocycles. The van der Waals surface area contributed by atoms with Crippen molar-refractivity contribution in [2.24, 2.45) is 0 Å². The summed E-state index contributed by atoms with van der Waals surface area (Å²) < 4.78 is 19.5. The largest absolute Gasteiger partial charge is 0.456 e.